The van der Waals surface area contributed by atoms with E-state index in [1.807, 2.05) is 0 Å². The molecule has 0 atom stereocenters. The fourth-order valence-corrected chi connectivity index (χ4v) is 1.36. The van der Waals surface area contributed by atoms with Gasteiger partial charge < -0.3 is 10.1 Å². The van der Waals surface area contributed by atoms with Crippen molar-refractivity contribution in [3.8, 4) is 11.8 Å². The lowest BCUT2D eigenvalue weighted by Gasteiger charge is -2.19. The summed E-state index contributed by atoms with van der Waals surface area (Å²) in [7, 11) is 0. The lowest BCUT2D eigenvalue weighted by atomic mass is 10.2. The highest BCUT2D eigenvalue weighted by molar-refractivity contribution is 6.31. The number of aromatic nitrogens is 1. The Morgan fingerprint density at radius 2 is 2.25 bits per heavy atom. The molecule has 6 heteroatoms. The summed E-state index contributed by atoms with van der Waals surface area (Å²) in [6.07, 6.45) is 1.12. The summed E-state index contributed by atoms with van der Waals surface area (Å²) in [6, 6.07) is 1.16. The normalized spacial score (nSPS) is 10.4. The van der Waals surface area contributed by atoms with Crippen LogP contribution in [0.4, 0.5) is 9.18 Å². The predicted octanol–water partition coefficient (Wildman–Crippen LogP) is 3.14. The lowest BCUT2D eigenvalue weighted by Crippen LogP contribution is -2.32. The number of nitrogens with one attached hydrogen (secondary N) is 1. The van der Waals surface area contributed by atoms with Crippen LogP contribution in [0.15, 0.2) is 12.3 Å². The van der Waals surface area contributed by atoms with E-state index in [0.717, 1.165) is 6.07 Å². The maximum Gasteiger partial charge on any atom is 0.407 e. The first-order valence-electron chi connectivity index (χ1n) is 6.05. The van der Waals surface area contributed by atoms with Gasteiger partial charge in [0.15, 0.2) is 0 Å². The van der Waals surface area contributed by atoms with Crippen molar-refractivity contribution in [1.82, 2.24) is 10.3 Å². The fourth-order valence-electron chi connectivity index (χ4n) is 1.21. The van der Waals surface area contributed by atoms with Crippen molar-refractivity contribution in [2.75, 3.05) is 6.54 Å². The van der Waals surface area contributed by atoms with Crippen molar-refractivity contribution in [2.45, 2.75) is 32.8 Å². The van der Waals surface area contributed by atoms with Crippen LogP contribution in [0, 0.1) is 17.8 Å². The molecule has 1 heterocycles. The number of hydrogen-bond donors (Lipinski definition) is 1. The summed E-state index contributed by atoms with van der Waals surface area (Å²) in [5.74, 6) is 4.88. The quantitative estimate of drug-likeness (QED) is 0.518. The summed E-state index contributed by atoms with van der Waals surface area (Å²) in [4.78, 5) is 14.7. The molecule has 1 aromatic heterocycles. The third kappa shape index (κ3) is 6.39. The first-order valence-corrected chi connectivity index (χ1v) is 6.42. The minimum absolute atomic E-state index is 0.291. The number of pyridine rings is 1. The van der Waals surface area contributed by atoms with Crippen molar-refractivity contribution >= 4 is 17.7 Å². The molecule has 0 unspecified atom stereocenters. The van der Waals surface area contributed by atoms with Gasteiger partial charge in [0.1, 0.15) is 5.60 Å². The van der Waals surface area contributed by atoms with Gasteiger partial charge in [-0.25, -0.2) is 9.78 Å². The highest BCUT2D eigenvalue weighted by atomic mass is 35.5. The number of amides is 1. The monoisotopic (exact) mass is 298 g/mol. The zero-order chi connectivity index (χ0) is 15.2. The molecule has 0 bridgehead atoms. The molecule has 0 radical (unpaired) electrons. The van der Waals surface area contributed by atoms with E-state index in [1.54, 1.807) is 20.8 Å². The van der Waals surface area contributed by atoms with E-state index in [1.165, 1.54) is 6.20 Å². The van der Waals surface area contributed by atoms with Gasteiger partial charge in [0.05, 0.1) is 5.02 Å². The second-order valence-corrected chi connectivity index (χ2v) is 5.37. The SMILES string of the molecule is CC(C)(C)OC(=O)NCCC#Cc1cc(F)ncc1Cl. The Balaban J connectivity index is 2.40. The van der Waals surface area contributed by atoms with E-state index in [2.05, 4.69) is 22.1 Å². The van der Waals surface area contributed by atoms with Gasteiger partial charge in [0.25, 0.3) is 0 Å². The third-order valence-corrected chi connectivity index (χ3v) is 2.26. The molecule has 0 aliphatic rings. The highest BCUT2D eigenvalue weighted by Gasteiger charge is 2.15. The van der Waals surface area contributed by atoms with Crippen LogP contribution < -0.4 is 5.32 Å². The Kier molecular flexibility index (Phi) is 5.78. The van der Waals surface area contributed by atoms with Crippen LogP contribution in [0.2, 0.25) is 5.02 Å². The largest absolute Gasteiger partial charge is 0.444 e. The summed E-state index contributed by atoms with van der Waals surface area (Å²) in [6.45, 7) is 5.69. The van der Waals surface area contributed by atoms with Gasteiger partial charge in [-0.2, -0.15) is 4.39 Å². The average molecular weight is 299 g/mol. The molecular formula is C14H16ClFN2O2. The second kappa shape index (κ2) is 7.11. The van der Waals surface area contributed by atoms with E-state index in [9.17, 15) is 9.18 Å². The summed E-state index contributed by atoms with van der Waals surface area (Å²) >= 11 is 5.81. The van der Waals surface area contributed by atoms with E-state index in [0.29, 0.717) is 23.6 Å². The van der Waals surface area contributed by atoms with Crippen molar-refractivity contribution in [3.63, 3.8) is 0 Å². The molecule has 4 nitrogen and oxygen atoms in total. The Bertz CT molecular complexity index is 544. The number of ether oxygens (including phenoxy) is 1. The summed E-state index contributed by atoms with van der Waals surface area (Å²) in [5, 5.41) is 2.86. The van der Waals surface area contributed by atoms with Gasteiger partial charge in [-0.15, -0.1) is 0 Å². The molecule has 1 N–H and O–H groups in total. The molecule has 0 aromatic carbocycles. The number of nitrogens with zero attached hydrogens (tertiary/aromatic N) is 1. The maximum absolute atomic E-state index is 12.9. The van der Waals surface area contributed by atoms with Crippen LogP contribution in [0.3, 0.4) is 0 Å². The van der Waals surface area contributed by atoms with Crippen LogP contribution >= 0.6 is 11.6 Å². The molecule has 0 spiro atoms. The van der Waals surface area contributed by atoms with Gasteiger partial charge in [-0.3, -0.25) is 0 Å². The fraction of sp³-hybridized carbons (Fsp3) is 0.429. The second-order valence-electron chi connectivity index (χ2n) is 4.97. The van der Waals surface area contributed by atoms with Crippen LogP contribution in [-0.4, -0.2) is 23.2 Å². The van der Waals surface area contributed by atoms with Crippen LogP contribution in [0.5, 0.6) is 0 Å². The molecule has 108 valence electrons. The molecule has 0 saturated heterocycles. The van der Waals surface area contributed by atoms with Crippen LogP contribution in [0.25, 0.3) is 0 Å². The van der Waals surface area contributed by atoms with E-state index in [-0.39, 0.29) is 0 Å². The molecule has 0 fully saturated rings. The number of carbonyl (C=O) groups excluding carboxylic acids is 1. The number of carbonyl (C=O) groups is 1. The van der Waals surface area contributed by atoms with Gasteiger partial charge in [-0.1, -0.05) is 23.4 Å². The van der Waals surface area contributed by atoms with Crippen LogP contribution in [0.1, 0.15) is 32.8 Å². The Morgan fingerprint density at radius 1 is 1.55 bits per heavy atom. The minimum Gasteiger partial charge on any atom is -0.444 e. The maximum atomic E-state index is 12.9. The van der Waals surface area contributed by atoms with E-state index in [4.69, 9.17) is 16.3 Å². The van der Waals surface area contributed by atoms with E-state index >= 15 is 0 Å². The molecule has 20 heavy (non-hydrogen) atoms. The van der Waals surface area contributed by atoms with Gasteiger partial charge >= 0.3 is 6.09 Å². The molecule has 0 aliphatic heterocycles. The Hall–Kier alpha value is -1.80. The molecule has 1 amide bonds. The number of rotatable bonds is 2. The Labute approximate surface area is 122 Å². The van der Waals surface area contributed by atoms with Crippen molar-refractivity contribution in [3.05, 3.63) is 28.8 Å². The van der Waals surface area contributed by atoms with Crippen molar-refractivity contribution < 1.29 is 13.9 Å². The zero-order valence-electron chi connectivity index (χ0n) is 11.6. The third-order valence-electron chi connectivity index (χ3n) is 1.96. The number of alkyl carbamates (subject to hydrolysis) is 1. The van der Waals surface area contributed by atoms with Gasteiger partial charge in [-0.05, 0) is 20.8 Å². The lowest BCUT2D eigenvalue weighted by molar-refractivity contribution is 0.0529. The van der Waals surface area contributed by atoms with E-state index < -0.39 is 17.6 Å². The minimum atomic E-state index is -0.634. The zero-order valence-corrected chi connectivity index (χ0v) is 12.3. The summed E-state index contributed by atoms with van der Waals surface area (Å²) in [5.41, 5.74) is -0.158. The van der Waals surface area contributed by atoms with Crippen LogP contribution in [-0.2, 0) is 4.74 Å². The number of hydrogen-bond acceptors (Lipinski definition) is 3. The molecule has 1 rings (SSSR count). The summed E-state index contributed by atoms with van der Waals surface area (Å²) < 4.78 is 17.9. The standard InChI is InChI=1S/C14H16ClFN2O2/c1-14(2,3)20-13(19)17-7-5-4-6-10-8-12(16)18-9-11(10)15/h8-9H,5,7H2,1-3H3,(H,17,19). The predicted molar refractivity (Wildman–Crippen MR) is 74.9 cm³/mol. The molecule has 1 aromatic rings. The number of halogens is 2. The highest BCUT2D eigenvalue weighted by Crippen LogP contribution is 2.13. The topological polar surface area (TPSA) is 51.2 Å². The molecule has 0 saturated carbocycles. The smallest absolute Gasteiger partial charge is 0.407 e. The molecular weight excluding hydrogens is 283 g/mol. The average Bonchev–Trinajstić information content (AvgIpc) is 2.30. The van der Waals surface area contributed by atoms with Gasteiger partial charge in [0, 0.05) is 30.8 Å². The van der Waals surface area contributed by atoms with Crippen molar-refractivity contribution in [2.24, 2.45) is 0 Å². The van der Waals surface area contributed by atoms with Crippen molar-refractivity contribution in [1.29, 1.82) is 0 Å². The Morgan fingerprint density at radius 3 is 2.90 bits per heavy atom. The molecule has 0 aliphatic carbocycles. The first-order chi connectivity index (χ1) is 9.28. The van der Waals surface area contributed by atoms with Gasteiger partial charge in [0.2, 0.25) is 5.95 Å². The first kappa shape index (κ1) is 16.3.